The standard InChI is InChI=1S/C16H16N2OS2/c1-3-12-8-14-15(21-12)17-10-18(16(14)19)9-11-4-6-13(20-2)7-5-11/h4-8,10H,3,9H2,1-2H3. The van der Waals surface area contributed by atoms with Crippen molar-refractivity contribution in [1.82, 2.24) is 9.55 Å². The Kier molecular flexibility index (Phi) is 4.12. The number of thioether (sulfide) groups is 1. The van der Waals surface area contributed by atoms with Gasteiger partial charge in [-0.25, -0.2) is 4.98 Å². The molecule has 0 radical (unpaired) electrons. The number of rotatable bonds is 4. The lowest BCUT2D eigenvalue weighted by Gasteiger charge is -2.06. The lowest BCUT2D eigenvalue weighted by atomic mass is 10.2. The molecule has 0 fully saturated rings. The van der Waals surface area contributed by atoms with Crippen molar-refractivity contribution < 1.29 is 0 Å². The largest absolute Gasteiger partial charge is 0.294 e. The smallest absolute Gasteiger partial charge is 0.262 e. The van der Waals surface area contributed by atoms with E-state index in [1.807, 2.05) is 6.07 Å². The number of nitrogens with zero attached hydrogens (tertiary/aromatic N) is 2. The summed E-state index contributed by atoms with van der Waals surface area (Å²) in [4.78, 5) is 20.2. The Balaban J connectivity index is 1.96. The van der Waals surface area contributed by atoms with Crippen LogP contribution < -0.4 is 5.56 Å². The van der Waals surface area contributed by atoms with Crippen molar-refractivity contribution in [3.05, 3.63) is 57.5 Å². The lowest BCUT2D eigenvalue weighted by Crippen LogP contribution is -2.20. The minimum atomic E-state index is 0.0462. The van der Waals surface area contributed by atoms with Crippen LogP contribution in [-0.2, 0) is 13.0 Å². The van der Waals surface area contributed by atoms with Crippen LogP contribution in [-0.4, -0.2) is 15.8 Å². The van der Waals surface area contributed by atoms with Crippen LogP contribution in [0.25, 0.3) is 10.2 Å². The van der Waals surface area contributed by atoms with Crippen molar-refractivity contribution in [2.24, 2.45) is 0 Å². The first-order valence-electron chi connectivity index (χ1n) is 6.82. The Morgan fingerprint density at radius 3 is 2.71 bits per heavy atom. The van der Waals surface area contributed by atoms with E-state index in [9.17, 15) is 4.79 Å². The predicted octanol–water partition coefficient (Wildman–Crippen LogP) is 3.79. The number of hydrogen-bond donors (Lipinski definition) is 0. The van der Waals surface area contributed by atoms with E-state index in [0.29, 0.717) is 6.54 Å². The first kappa shape index (κ1) is 14.4. The first-order valence-corrected chi connectivity index (χ1v) is 8.86. The van der Waals surface area contributed by atoms with Gasteiger partial charge < -0.3 is 0 Å². The molecule has 0 aliphatic heterocycles. The molecule has 21 heavy (non-hydrogen) atoms. The zero-order valence-corrected chi connectivity index (χ0v) is 13.6. The van der Waals surface area contributed by atoms with Gasteiger partial charge in [-0.2, -0.15) is 0 Å². The van der Waals surface area contributed by atoms with E-state index in [1.165, 1.54) is 9.77 Å². The fourth-order valence-corrected chi connectivity index (χ4v) is 3.56. The Morgan fingerprint density at radius 2 is 2.05 bits per heavy atom. The highest BCUT2D eigenvalue weighted by Crippen LogP contribution is 2.21. The van der Waals surface area contributed by atoms with Gasteiger partial charge in [-0.1, -0.05) is 19.1 Å². The second kappa shape index (κ2) is 6.03. The van der Waals surface area contributed by atoms with Crippen molar-refractivity contribution in [3.8, 4) is 0 Å². The van der Waals surface area contributed by atoms with Gasteiger partial charge in [0.05, 0.1) is 18.3 Å². The maximum atomic E-state index is 12.5. The summed E-state index contributed by atoms with van der Waals surface area (Å²) in [6, 6.07) is 10.3. The number of benzene rings is 1. The number of aromatic nitrogens is 2. The molecule has 0 bridgehead atoms. The third kappa shape index (κ3) is 2.89. The quantitative estimate of drug-likeness (QED) is 0.687. The maximum Gasteiger partial charge on any atom is 0.262 e. The van der Waals surface area contributed by atoms with E-state index < -0.39 is 0 Å². The highest BCUT2D eigenvalue weighted by molar-refractivity contribution is 7.98. The fraction of sp³-hybridized carbons (Fsp3) is 0.250. The normalized spacial score (nSPS) is 11.1. The summed E-state index contributed by atoms with van der Waals surface area (Å²) in [7, 11) is 0. The van der Waals surface area contributed by atoms with Gasteiger partial charge in [0.2, 0.25) is 0 Å². The van der Waals surface area contributed by atoms with Crippen LogP contribution in [0.15, 0.2) is 46.3 Å². The molecular weight excluding hydrogens is 300 g/mol. The molecule has 0 saturated carbocycles. The Labute approximate surface area is 131 Å². The highest BCUT2D eigenvalue weighted by atomic mass is 32.2. The molecule has 0 unspecified atom stereocenters. The first-order chi connectivity index (χ1) is 10.2. The molecule has 5 heteroatoms. The van der Waals surface area contributed by atoms with Crippen LogP contribution >= 0.6 is 23.1 Å². The van der Waals surface area contributed by atoms with E-state index >= 15 is 0 Å². The second-order valence-electron chi connectivity index (χ2n) is 4.81. The Bertz CT molecular complexity index is 818. The van der Waals surface area contributed by atoms with Crippen LogP contribution in [0.4, 0.5) is 0 Å². The minimum Gasteiger partial charge on any atom is -0.294 e. The molecule has 3 rings (SSSR count). The topological polar surface area (TPSA) is 34.9 Å². The number of fused-ring (bicyclic) bond motifs is 1. The zero-order chi connectivity index (χ0) is 14.8. The summed E-state index contributed by atoms with van der Waals surface area (Å²) in [6.07, 6.45) is 4.65. The second-order valence-corrected chi connectivity index (χ2v) is 6.81. The molecule has 3 nitrogen and oxygen atoms in total. The van der Waals surface area contributed by atoms with E-state index in [4.69, 9.17) is 0 Å². The molecule has 2 aromatic heterocycles. The number of hydrogen-bond acceptors (Lipinski definition) is 4. The summed E-state index contributed by atoms with van der Waals surface area (Å²) in [6.45, 7) is 2.66. The average molecular weight is 316 g/mol. The van der Waals surface area contributed by atoms with Crippen molar-refractivity contribution in [1.29, 1.82) is 0 Å². The van der Waals surface area contributed by atoms with Crippen LogP contribution in [0.2, 0.25) is 0 Å². The molecule has 0 N–H and O–H groups in total. The van der Waals surface area contributed by atoms with Gasteiger partial charge in [-0.3, -0.25) is 9.36 Å². The molecule has 0 aliphatic carbocycles. The van der Waals surface area contributed by atoms with Gasteiger partial charge >= 0.3 is 0 Å². The van der Waals surface area contributed by atoms with Crippen molar-refractivity contribution in [2.75, 3.05) is 6.26 Å². The molecule has 3 aromatic rings. The summed E-state index contributed by atoms with van der Waals surface area (Å²) in [5.41, 5.74) is 1.16. The van der Waals surface area contributed by atoms with Gasteiger partial charge in [0.15, 0.2) is 0 Å². The summed E-state index contributed by atoms with van der Waals surface area (Å²) in [5.74, 6) is 0. The van der Waals surface area contributed by atoms with E-state index in [2.05, 4.69) is 42.4 Å². The monoisotopic (exact) mass is 316 g/mol. The molecule has 0 spiro atoms. The predicted molar refractivity (Wildman–Crippen MR) is 90.6 cm³/mol. The van der Waals surface area contributed by atoms with Crippen molar-refractivity contribution in [2.45, 2.75) is 24.8 Å². The maximum absolute atomic E-state index is 12.5. The van der Waals surface area contributed by atoms with Crippen LogP contribution in [0, 0.1) is 0 Å². The van der Waals surface area contributed by atoms with E-state index in [0.717, 1.165) is 22.2 Å². The minimum absolute atomic E-state index is 0.0462. The highest BCUT2D eigenvalue weighted by Gasteiger charge is 2.08. The number of thiophene rings is 1. The van der Waals surface area contributed by atoms with Crippen molar-refractivity contribution in [3.63, 3.8) is 0 Å². The van der Waals surface area contributed by atoms with Crippen LogP contribution in [0.3, 0.4) is 0 Å². The molecule has 0 amide bonds. The van der Waals surface area contributed by atoms with Gasteiger partial charge in [-0.15, -0.1) is 23.1 Å². The Hall–Kier alpha value is -1.59. The fourth-order valence-electron chi connectivity index (χ4n) is 2.22. The van der Waals surface area contributed by atoms with Gasteiger partial charge in [-0.05, 0) is 36.4 Å². The molecular formula is C16H16N2OS2. The third-order valence-corrected chi connectivity index (χ3v) is 5.36. The van der Waals surface area contributed by atoms with Crippen LogP contribution in [0.5, 0.6) is 0 Å². The lowest BCUT2D eigenvalue weighted by molar-refractivity contribution is 0.749. The molecule has 1 aromatic carbocycles. The van der Waals surface area contributed by atoms with Gasteiger partial charge in [0.25, 0.3) is 5.56 Å². The summed E-state index contributed by atoms with van der Waals surface area (Å²) < 4.78 is 1.68. The average Bonchev–Trinajstić information content (AvgIpc) is 2.95. The zero-order valence-electron chi connectivity index (χ0n) is 12.0. The van der Waals surface area contributed by atoms with Crippen molar-refractivity contribution >= 4 is 33.3 Å². The number of aryl methyl sites for hydroxylation is 1. The SMILES string of the molecule is CCc1cc2c(=O)n(Cc3ccc(SC)cc3)cnc2s1. The van der Waals surface area contributed by atoms with Gasteiger partial charge in [0.1, 0.15) is 4.83 Å². The molecule has 0 saturated heterocycles. The third-order valence-electron chi connectivity index (χ3n) is 3.43. The molecule has 0 atom stereocenters. The Morgan fingerprint density at radius 1 is 1.29 bits per heavy atom. The van der Waals surface area contributed by atoms with Gasteiger partial charge in [0, 0.05) is 9.77 Å². The van der Waals surface area contributed by atoms with E-state index in [1.54, 1.807) is 34.0 Å². The summed E-state index contributed by atoms with van der Waals surface area (Å²) >= 11 is 3.32. The molecule has 2 heterocycles. The molecule has 0 aliphatic rings. The van der Waals surface area contributed by atoms with E-state index in [-0.39, 0.29) is 5.56 Å². The summed E-state index contributed by atoms with van der Waals surface area (Å²) in [5, 5.41) is 0.736. The van der Waals surface area contributed by atoms with Crippen LogP contribution in [0.1, 0.15) is 17.4 Å². The molecule has 108 valence electrons.